The van der Waals surface area contributed by atoms with E-state index in [1.54, 1.807) is 17.8 Å². The minimum absolute atomic E-state index is 0.00897. The Morgan fingerprint density at radius 1 is 1.15 bits per heavy atom. The zero-order chi connectivity index (χ0) is 14.4. The number of benzene rings is 2. The van der Waals surface area contributed by atoms with Crippen molar-refractivity contribution in [3.8, 4) is 5.75 Å². The van der Waals surface area contributed by atoms with Crippen LogP contribution in [0, 0.1) is 10.1 Å². The number of rotatable bonds is 6. The van der Waals surface area contributed by atoms with Crippen molar-refractivity contribution < 1.29 is 10.0 Å². The van der Waals surface area contributed by atoms with E-state index in [0.717, 1.165) is 11.5 Å². The lowest BCUT2D eigenvalue weighted by Gasteiger charge is -2.04. The quantitative estimate of drug-likeness (QED) is 0.499. The van der Waals surface area contributed by atoms with E-state index in [-0.39, 0.29) is 11.4 Å². The second-order valence-electron chi connectivity index (χ2n) is 4.36. The Labute approximate surface area is 121 Å². The fourth-order valence-electron chi connectivity index (χ4n) is 1.88. The van der Waals surface area contributed by atoms with Gasteiger partial charge < -0.3 is 5.11 Å². The monoisotopic (exact) mass is 289 g/mol. The second-order valence-corrected chi connectivity index (χ2v) is 5.46. The van der Waals surface area contributed by atoms with Gasteiger partial charge in [-0.15, -0.1) is 0 Å². The molecule has 104 valence electrons. The van der Waals surface area contributed by atoms with Crippen LogP contribution in [0.15, 0.2) is 48.5 Å². The molecule has 4 nitrogen and oxygen atoms in total. The summed E-state index contributed by atoms with van der Waals surface area (Å²) >= 11 is 1.74. The first-order chi connectivity index (χ1) is 9.66. The molecule has 5 heteroatoms. The molecule has 0 aromatic heterocycles. The minimum Gasteiger partial charge on any atom is -0.508 e. The van der Waals surface area contributed by atoms with E-state index in [1.807, 2.05) is 18.2 Å². The van der Waals surface area contributed by atoms with Crippen LogP contribution in [0.5, 0.6) is 5.75 Å². The normalized spacial score (nSPS) is 10.4. The van der Waals surface area contributed by atoms with Crippen LogP contribution in [0.1, 0.15) is 11.1 Å². The van der Waals surface area contributed by atoms with E-state index in [9.17, 15) is 15.2 Å². The lowest BCUT2D eigenvalue weighted by atomic mass is 10.1. The van der Waals surface area contributed by atoms with E-state index in [2.05, 4.69) is 12.1 Å². The number of nitro groups is 1. The van der Waals surface area contributed by atoms with Gasteiger partial charge in [0.2, 0.25) is 0 Å². The third-order valence-corrected chi connectivity index (χ3v) is 3.92. The Bertz CT molecular complexity index is 587. The fraction of sp³-hybridized carbons (Fsp3) is 0.200. The standard InChI is InChI=1S/C15H15NO3S/c17-14-7-6-13(15(10-14)16(18)19)8-9-20-11-12-4-2-1-3-5-12/h1-7,10,17H,8-9,11H2. The van der Waals surface area contributed by atoms with E-state index in [4.69, 9.17) is 0 Å². The molecule has 0 aliphatic carbocycles. The number of phenols is 1. The van der Waals surface area contributed by atoms with Gasteiger partial charge in [0.15, 0.2) is 0 Å². The molecule has 0 saturated heterocycles. The highest BCUT2D eigenvalue weighted by Crippen LogP contribution is 2.25. The number of aromatic hydroxyl groups is 1. The van der Waals surface area contributed by atoms with Gasteiger partial charge in [-0.25, -0.2) is 0 Å². The molecule has 0 amide bonds. The number of phenolic OH excluding ortho intramolecular Hbond substituents is 1. The summed E-state index contributed by atoms with van der Waals surface area (Å²) in [7, 11) is 0. The lowest BCUT2D eigenvalue weighted by Crippen LogP contribution is -1.97. The number of hydrogen-bond donors (Lipinski definition) is 1. The highest BCUT2D eigenvalue weighted by molar-refractivity contribution is 7.98. The van der Waals surface area contributed by atoms with Crippen LogP contribution < -0.4 is 0 Å². The van der Waals surface area contributed by atoms with Gasteiger partial charge in [-0.05, 0) is 29.9 Å². The van der Waals surface area contributed by atoms with Gasteiger partial charge in [-0.2, -0.15) is 11.8 Å². The molecule has 0 aliphatic heterocycles. The molecule has 20 heavy (non-hydrogen) atoms. The SMILES string of the molecule is O=[N+]([O-])c1cc(O)ccc1CCSCc1ccccc1. The Balaban J connectivity index is 1.90. The summed E-state index contributed by atoms with van der Waals surface area (Å²) in [5.41, 5.74) is 1.90. The van der Waals surface area contributed by atoms with Crippen molar-refractivity contribution in [3.63, 3.8) is 0 Å². The van der Waals surface area contributed by atoms with Crippen LogP contribution in [0.2, 0.25) is 0 Å². The molecule has 2 aromatic carbocycles. The molecule has 0 fully saturated rings. The van der Waals surface area contributed by atoms with Crippen molar-refractivity contribution in [2.45, 2.75) is 12.2 Å². The molecule has 0 spiro atoms. The zero-order valence-corrected chi connectivity index (χ0v) is 11.7. The maximum absolute atomic E-state index is 10.9. The van der Waals surface area contributed by atoms with Crippen molar-refractivity contribution >= 4 is 17.4 Å². The first-order valence-corrected chi connectivity index (χ1v) is 7.40. The molecule has 1 N–H and O–H groups in total. The van der Waals surface area contributed by atoms with Crippen LogP contribution in [0.3, 0.4) is 0 Å². The van der Waals surface area contributed by atoms with Crippen molar-refractivity contribution in [2.24, 2.45) is 0 Å². The largest absolute Gasteiger partial charge is 0.508 e. The predicted molar refractivity (Wildman–Crippen MR) is 81.1 cm³/mol. The highest BCUT2D eigenvalue weighted by Gasteiger charge is 2.13. The van der Waals surface area contributed by atoms with E-state index >= 15 is 0 Å². The highest BCUT2D eigenvalue weighted by atomic mass is 32.2. The number of nitro benzene ring substituents is 1. The van der Waals surface area contributed by atoms with Gasteiger partial charge in [0.1, 0.15) is 5.75 Å². The Kier molecular flexibility index (Phi) is 5.01. The summed E-state index contributed by atoms with van der Waals surface area (Å²) in [5, 5.41) is 20.2. The molecule has 0 bridgehead atoms. The summed E-state index contributed by atoms with van der Waals surface area (Å²) in [6.45, 7) is 0. The number of aryl methyl sites for hydroxylation is 1. The van der Waals surface area contributed by atoms with Crippen LogP contribution >= 0.6 is 11.8 Å². The lowest BCUT2D eigenvalue weighted by molar-refractivity contribution is -0.385. The Morgan fingerprint density at radius 2 is 1.90 bits per heavy atom. The van der Waals surface area contributed by atoms with Crippen molar-refractivity contribution in [1.82, 2.24) is 0 Å². The van der Waals surface area contributed by atoms with Gasteiger partial charge in [0.05, 0.1) is 11.0 Å². The third-order valence-electron chi connectivity index (χ3n) is 2.89. The molecule has 0 unspecified atom stereocenters. The third kappa shape index (κ3) is 3.99. The topological polar surface area (TPSA) is 63.4 Å². The smallest absolute Gasteiger partial charge is 0.276 e. The van der Waals surface area contributed by atoms with Crippen LogP contribution in [0.4, 0.5) is 5.69 Å². The summed E-state index contributed by atoms with van der Waals surface area (Å²) < 4.78 is 0. The van der Waals surface area contributed by atoms with Crippen molar-refractivity contribution in [2.75, 3.05) is 5.75 Å². The number of hydrogen-bond acceptors (Lipinski definition) is 4. The van der Waals surface area contributed by atoms with Crippen LogP contribution in [0.25, 0.3) is 0 Å². The van der Waals surface area contributed by atoms with Gasteiger partial charge in [-0.1, -0.05) is 30.3 Å². The van der Waals surface area contributed by atoms with Crippen molar-refractivity contribution in [1.29, 1.82) is 0 Å². The van der Waals surface area contributed by atoms with Gasteiger partial charge in [0, 0.05) is 11.3 Å². The van der Waals surface area contributed by atoms with E-state index in [0.29, 0.717) is 12.0 Å². The van der Waals surface area contributed by atoms with Crippen LogP contribution in [-0.2, 0) is 12.2 Å². The molecule has 0 heterocycles. The molecule has 0 aliphatic rings. The first-order valence-electron chi connectivity index (χ1n) is 6.25. The average molecular weight is 289 g/mol. The second kappa shape index (κ2) is 6.96. The summed E-state index contributed by atoms with van der Waals surface area (Å²) in [6.07, 6.45) is 0.619. The molecule has 0 saturated carbocycles. The van der Waals surface area contributed by atoms with Gasteiger partial charge in [0.25, 0.3) is 5.69 Å². The maximum atomic E-state index is 10.9. The molecule has 0 atom stereocenters. The molecular formula is C15H15NO3S. The molecular weight excluding hydrogens is 274 g/mol. The number of nitrogens with zero attached hydrogens (tertiary/aromatic N) is 1. The van der Waals surface area contributed by atoms with Crippen molar-refractivity contribution in [3.05, 3.63) is 69.8 Å². The first kappa shape index (κ1) is 14.4. The Hall–Kier alpha value is -2.01. The van der Waals surface area contributed by atoms with Gasteiger partial charge in [-0.3, -0.25) is 10.1 Å². The number of thioether (sulfide) groups is 1. The predicted octanol–water partition coefficient (Wildman–Crippen LogP) is 3.78. The van der Waals surface area contributed by atoms with Crippen LogP contribution in [-0.4, -0.2) is 15.8 Å². The maximum Gasteiger partial charge on any atom is 0.276 e. The fourth-order valence-corrected chi connectivity index (χ4v) is 2.82. The van der Waals surface area contributed by atoms with Gasteiger partial charge >= 0.3 is 0 Å². The molecule has 2 aromatic rings. The Morgan fingerprint density at radius 3 is 2.60 bits per heavy atom. The summed E-state index contributed by atoms with van der Waals surface area (Å²) in [4.78, 5) is 10.5. The minimum atomic E-state index is -0.448. The van der Waals surface area contributed by atoms with E-state index < -0.39 is 4.92 Å². The average Bonchev–Trinajstić information content (AvgIpc) is 2.45. The van der Waals surface area contributed by atoms with E-state index in [1.165, 1.54) is 17.7 Å². The molecule has 0 radical (unpaired) electrons. The zero-order valence-electron chi connectivity index (χ0n) is 10.9. The summed E-state index contributed by atoms with van der Waals surface area (Å²) in [5.74, 6) is 1.63. The summed E-state index contributed by atoms with van der Waals surface area (Å²) in [6, 6.07) is 14.4. The molecule has 2 rings (SSSR count).